The minimum Gasteiger partial charge on any atom is -0.508 e. The largest absolute Gasteiger partial charge is 0.508 e. The second kappa shape index (κ2) is 4.26. The van der Waals surface area contributed by atoms with Crippen LogP contribution >= 0.6 is 0 Å². The molecule has 2 bridgehead atoms. The van der Waals surface area contributed by atoms with Gasteiger partial charge in [-0.15, -0.1) is 0 Å². The summed E-state index contributed by atoms with van der Waals surface area (Å²) in [5.74, 6) is -0.775. The average Bonchev–Trinajstić information content (AvgIpc) is 3.02. The molecule has 5 heteroatoms. The molecule has 2 aliphatic carbocycles. The predicted octanol–water partition coefficient (Wildman–Crippen LogP) is 1.84. The number of phenols is 1. The van der Waals surface area contributed by atoms with Crippen molar-refractivity contribution >= 4 is 11.9 Å². The van der Waals surface area contributed by atoms with Crippen LogP contribution in [0.1, 0.15) is 42.2 Å². The van der Waals surface area contributed by atoms with Crippen LogP contribution in [0.2, 0.25) is 0 Å². The van der Waals surface area contributed by atoms with E-state index in [-0.39, 0.29) is 5.75 Å². The fourth-order valence-corrected chi connectivity index (χ4v) is 3.27. The predicted molar refractivity (Wildman–Crippen MR) is 65.1 cm³/mol. The van der Waals surface area contributed by atoms with Crippen LogP contribution in [0.25, 0.3) is 0 Å². The number of rotatable bonds is 1. The number of benzene rings is 1. The molecule has 3 rings (SSSR count). The van der Waals surface area contributed by atoms with Gasteiger partial charge in [-0.2, -0.15) is 0 Å². The van der Waals surface area contributed by atoms with Gasteiger partial charge in [0.2, 0.25) is 0 Å². The number of hydrogen-bond acceptors (Lipinski definition) is 5. The summed E-state index contributed by atoms with van der Waals surface area (Å²) < 4.78 is 9.42. The molecular weight excluding hydrogens is 248 g/mol. The standard InChI is InChI=1S/C14H14O5/c1-18-13(16)14(17)19-10-5-4-9(15)11-7-2-3-8(6-7)12(10)11/h4-5,7-8,15H,2-3,6H2,1H3/t7-,8+/m0/s1. The van der Waals surface area contributed by atoms with Crippen LogP contribution in [-0.2, 0) is 14.3 Å². The van der Waals surface area contributed by atoms with Crippen LogP contribution in [0.15, 0.2) is 12.1 Å². The van der Waals surface area contributed by atoms with Gasteiger partial charge in [0.15, 0.2) is 0 Å². The molecule has 1 fully saturated rings. The van der Waals surface area contributed by atoms with Crippen molar-refractivity contribution in [3.05, 3.63) is 23.3 Å². The SMILES string of the molecule is COC(=O)C(=O)Oc1ccc(O)c2c1[C@@H]1CC[C@H]2C1. The van der Waals surface area contributed by atoms with Gasteiger partial charge < -0.3 is 14.6 Å². The number of fused-ring (bicyclic) bond motifs is 5. The van der Waals surface area contributed by atoms with Gasteiger partial charge >= 0.3 is 11.9 Å². The van der Waals surface area contributed by atoms with E-state index in [2.05, 4.69) is 4.74 Å². The summed E-state index contributed by atoms with van der Waals surface area (Å²) in [5.41, 5.74) is 1.76. The van der Waals surface area contributed by atoms with Crippen molar-refractivity contribution in [2.45, 2.75) is 31.1 Å². The molecule has 1 saturated carbocycles. The Hall–Kier alpha value is -2.04. The summed E-state index contributed by atoms with van der Waals surface area (Å²) in [6, 6.07) is 3.05. The van der Waals surface area contributed by atoms with Gasteiger partial charge in [0.05, 0.1) is 7.11 Å². The summed E-state index contributed by atoms with van der Waals surface area (Å²) >= 11 is 0. The maximum atomic E-state index is 11.5. The van der Waals surface area contributed by atoms with E-state index in [0.717, 1.165) is 37.5 Å². The molecule has 0 aliphatic heterocycles. The van der Waals surface area contributed by atoms with Crippen LogP contribution in [0.5, 0.6) is 11.5 Å². The van der Waals surface area contributed by atoms with Crippen molar-refractivity contribution in [2.75, 3.05) is 7.11 Å². The number of aromatic hydroxyl groups is 1. The highest BCUT2D eigenvalue weighted by Gasteiger charge is 2.41. The molecule has 0 radical (unpaired) electrons. The minimum absolute atomic E-state index is 0.250. The summed E-state index contributed by atoms with van der Waals surface area (Å²) in [6.07, 6.45) is 3.07. The van der Waals surface area contributed by atoms with Gasteiger partial charge in [-0.05, 0) is 43.2 Å². The quantitative estimate of drug-likeness (QED) is 0.475. The average molecular weight is 262 g/mol. The van der Waals surface area contributed by atoms with Crippen molar-refractivity contribution in [2.24, 2.45) is 0 Å². The van der Waals surface area contributed by atoms with Crippen LogP contribution in [0, 0.1) is 0 Å². The van der Waals surface area contributed by atoms with Crippen molar-refractivity contribution < 1.29 is 24.2 Å². The summed E-state index contributed by atoms with van der Waals surface area (Å²) in [7, 11) is 1.13. The highest BCUT2D eigenvalue weighted by Crippen LogP contribution is 2.58. The number of esters is 2. The van der Waals surface area contributed by atoms with Crippen molar-refractivity contribution in [1.82, 2.24) is 0 Å². The lowest BCUT2D eigenvalue weighted by Crippen LogP contribution is -2.22. The van der Waals surface area contributed by atoms with E-state index in [1.165, 1.54) is 12.1 Å². The smallest absolute Gasteiger partial charge is 0.422 e. The Morgan fingerprint density at radius 2 is 1.84 bits per heavy atom. The number of methoxy groups -OCH3 is 1. The first kappa shape index (κ1) is 12.0. The zero-order valence-electron chi connectivity index (χ0n) is 10.5. The van der Waals surface area contributed by atoms with E-state index in [9.17, 15) is 14.7 Å². The lowest BCUT2D eigenvalue weighted by Gasteiger charge is -2.19. The zero-order valence-corrected chi connectivity index (χ0v) is 10.5. The molecule has 0 aromatic heterocycles. The van der Waals surface area contributed by atoms with Crippen molar-refractivity contribution in [1.29, 1.82) is 0 Å². The molecule has 1 aromatic carbocycles. The Kier molecular flexibility index (Phi) is 2.69. The van der Waals surface area contributed by atoms with E-state index in [0.29, 0.717) is 17.6 Å². The third-order valence-corrected chi connectivity index (χ3v) is 4.03. The first-order valence-corrected chi connectivity index (χ1v) is 6.27. The number of ether oxygens (including phenoxy) is 2. The third-order valence-electron chi connectivity index (χ3n) is 4.03. The van der Waals surface area contributed by atoms with Crippen LogP contribution in [0.3, 0.4) is 0 Å². The molecule has 2 atom stereocenters. The fourth-order valence-electron chi connectivity index (χ4n) is 3.27. The van der Waals surface area contributed by atoms with Gasteiger partial charge in [0.25, 0.3) is 0 Å². The number of hydrogen-bond donors (Lipinski definition) is 1. The van der Waals surface area contributed by atoms with Crippen molar-refractivity contribution in [3.63, 3.8) is 0 Å². The summed E-state index contributed by atoms with van der Waals surface area (Å²) in [6.45, 7) is 0. The van der Waals surface area contributed by atoms with Crippen LogP contribution in [-0.4, -0.2) is 24.2 Å². The molecule has 0 unspecified atom stereocenters. The van der Waals surface area contributed by atoms with Gasteiger partial charge in [-0.1, -0.05) is 0 Å². The normalized spacial score (nSPS) is 23.0. The second-order valence-corrected chi connectivity index (χ2v) is 5.00. The molecule has 0 saturated heterocycles. The van der Waals surface area contributed by atoms with E-state index in [1.807, 2.05) is 0 Å². The van der Waals surface area contributed by atoms with E-state index >= 15 is 0 Å². The van der Waals surface area contributed by atoms with Gasteiger partial charge in [-0.25, -0.2) is 9.59 Å². The maximum absolute atomic E-state index is 11.5. The summed E-state index contributed by atoms with van der Waals surface area (Å²) in [4.78, 5) is 22.6. The Bertz CT molecular complexity index is 563. The molecule has 1 N–H and O–H groups in total. The van der Waals surface area contributed by atoms with E-state index < -0.39 is 11.9 Å². The number of carbonyl (C=O) groups excluding carboxylic acids is 2. The molecule has 5 nitrogen and oxygen atoms in total. The molecule has 0 heterocycles. The van der Waals surface area contributed by atoms with Gasteiger partial charge in [-0.3, -0.25) is 0 Å². The van der Waals surface area contributed by atoms with E-state index in [1.54, 1.807) is 0 Å². The van der Waals surface area contributed by atoms with Gasteiger partial charge in [0.1, 0.15) is 11.5 Å². The summed E-state index contributed by atoms with van der Waals surface area (Å²) in [5, 5.41) is 9.94. The lowest BCUT2D eigenvalue weighted by molar-refractivity contribution is -0.160. The van der Waals surface area contributed by atoms with Gasteiger partial charge in [0, 0.05) is 11.1 Å². The van der Waals surface area contributed by atoms with Crippen molar-refractivity contribution in [3.8, 4) is 11.5 Å². The second-order valence-electron chi connectivity index (χ2n) is 5.00. The first-order valence-electron chi connectivity index (χ1n) is 6.27. The van der Waals surface area contributed by atoms with Crippen LogP contribution in [0.4, 0.5) is 0 Å². The Morgan fingerprint density at radius 3 is 2.53 bits per heavy atom. The molecule has 2 aliphatic rings. The molecule has 0 amide bonds. The number of carbonyl (C=O) groups is 2. The number of phenolic OH excluding ortho intramolecular Hbond substituents is 1. The molecular formula is C14H14O5. The fraction of sp³-hybridized carbons (Fsp3) is 0.429. The molecule has 0 spiro atoms. The molecule has 19 heavy (non-hydrogen) atoms. The first-order chi connectivity index (χ1) is 9.11. The highest BCUT2D eigenvalue weighted by molar-refractivity contribution is 6.30. The molecule has 100 valence electrons. The third kappa shape index (κ3) is 1.77. The van der Waals surface area contributed by atoms with Crippen LogP contribution < -0.4 is 4.74 Å². The Balaban J connectivity index is 1.96. The van der Waals surface area contributed by atoms with E-state index in [4.69, 9.17) is 4.74 Å². The Morgan fingerprint density at radius 1 is 1.16 bits per heavy atom. The maximum Gasteiger partial charge on any atom is 0.422 e. The Labute approximate surface area is 110 Å². The highest BCUT2D eigenvalue weighted by atomic mass is 16.6. The zero-order chi connectivity index (χ0) is 13.6. The topological polar surface area (TPSA) is 72.8 Å². The minimum atomic E-state index is -1.03. The molecule has 1 aromatic rings. The lowest BCUT2D eigenvalue weighted by atomic mass is 9.90. The monoisotopic (exact) mass is 262 g/mol.